The lowest BCUT2D eigenvalue weighted by Crippen LogP contribution is -2.23. The van der Waals surface area contributed by atoms with E-state index in [-0.39, 0.29) is 6.04 Å². The van der Waals surface area contributed by atoms with Gasteiger partial charge >= 0.3 is 0 Å². The predicted molar refractivity (Wildman–Crippen MR) is 80.1 cm³/mol. The summed E-state index contributed by atoms with van der Waals surface area (Å²) in [7, 11) is 1.98. The molecule has 0 aromatic carbocycles. The number of hydrogen-bond donors (Lipinski definition) is 1. The highest BCUT2D eigenvalue weighted by molar-refractivity contribution is 9.10. The molecule has 0 amide bonds. The van der Waals surface area contributed by atoms with Gasteiger partial charge in [-0.25, -0.2) is 0 Å². The quantitative estimate of drug-likeness (QED) is 0.908. The maximum atomic E-state index is 4.35. The summed E-state index contributed by atoms with van der Waals surface area (Å²) in [4.78, 5) is 0. The van der Waals surface area contributed by atoms with Gasteiger partial charge in [-0.05, 0) is 46.8 Å². The second-order valence-electron chi connectivity index (χ2n) is 4.37. The summed E-state index contributed by atoms with van der Waals surface area (Å²) in [6.07, 6.45) is 3.09. The predicted octanol–water partition coefficient (Wildman–Crippen LogP) is 3.64. The summed E-state index contributed by atoms with van der Waals surface area (Å²) in [5.41, 5.74) is 3.76. The van der Waals surface area contributed by atoms with Gasteiger partial charge in [-0.15, -0.1) is 0 Å². The SMILES string of the molecule is CCCNC(c1cscc1Br)c1cnn(C)c1C. The standard InChI is InChI=1S/C13H18BrN3S/c1-4-5-15-13(11-7-18-8-12(11)14)10-6-16-17(3)9(10)2/h6-8,13,15H,4-5H2,1-3H3. The summed E-state index contributed by atoms with van der Waals surface area (Å²) in [6.45, 7) is 5.30. The normalized spacial score (nSPS) is 12.9. The van der Waals surface area contributed by atoms with Crippen molar-refractivity contribution >= 4 is 27.3 Å². The first kappa shape index (κ1) is 13.8. The zero-order valence-electron chi connectivity index (χ0n) is 10.9. The zero-order valence-corrected chi connectivity index (χ0v) is 13.3. The van der Waals surface area contributed by atoms with Gasteiger partial charge in [-0.2, -0.15) is 16.4 Å². The summed E-state index contributed by atoms with van der Waals surface area (Å²) in [5.74, 6) is 0. The third-order valence-electron chi connectivity index (χ3n) is 3.14. The molecule has 2 rings (SSSR count). The average molecular weight is 328 g/mol. The first-order valence-corrected chi connectivity index (χ1v) is 7.82. The zero-order chi connectivity index (χ0) is 13.1. The van der Waals surface area contributed by atoms with Crippen LogP contribution in [0.1, 0.15) is 36.2 Å². The summed E-state index contributed by atoms with van der Waals surface area (Å²) >= 11 is 5.35. The number of nitrogens with zero attached hydrogens (tertiary/aromatic N) is 2. The Morgan fingerprint density at radius 3 is 2.72 bits per heavy atom. The number of halogens is 1. The highest BCUT2D eigenvalue weighted by atomic mass is 79.9. The van der Waals surface area contributed by atoms with E-state index in [1.165, 1.54) is 21.3 Å². The second-order valence-corrected chi connectivity index (χ2v) is 5.97. The highest BCUT2D eigenvalue weighted by Crippen LogP contribution is 2.32. The van der Waals surface area contributed by atoms with E-state index < -0.39 is 0 Å². The van der Waals surface area contributed by atoms with Gasteiger partial charge in [-0.3, -0.25) is 4.68 Å². The smallest absolute Gasteiger partial charge is 0.0630 e. The molecule has 0 bridgehead atoms. The number of rotatable bonds is 5. The minimum absolute atomic E-state index is 0.222. The van der Waals surface area contributed by atoms with Crippen LogP contribution in [-0.4, -0.2) is 16.3 Å². The molecule has 2 aromatic heterocycles. The van der Waals surface area contributed by atoms with E-state index >= 15 is 0 Å². The molecule has 0 fully saturated rings. The number of thiophene rings is 1. The average Bonchev–Trinajstić information content (AvgIpc) is 2.91. The van der Waals surface area contributed by atoms with Crippen molar-refractivity contribution in [3.63, 3.8) is 0 Å². The largest absolute Gasteiger partial charge is 0.306 e. The molecular formula is C13H18BrN3S. The number of hydrogen-bond acceptors (Lipinski definition) is 3. The maximum Gasteiger partial charge on any atom is 0.0630 e. The Kier molecular flexibility index (Phi) is 4.59. The molecule has 0 aliphatic rings. The van der Waals surface area contributed by atoms with Crippen LogP contribution in [0, 0.1) is 6.92 Å². The van der Waals surface area contributed by atoms with Crippen LogP contribution in [0.5, 0.6) is 0 Å². The van der Waals surface area contributed by atoms with Gasteiger partial charge in [0.15, 0.2) is 0 Å². The monoisotopic (exact) mass is 327 g/mol. The van der Waals surface area contributed by atoms with Crippen molar-refractivity contribution in [3.8, 4) is 0 Å². The molecule has 98 valence electrons. The van der Waals surface area contributed by atoms with E-state index in [0.717, 1.165) is 13.0 Å². The molecule has 0 saturated heterocycles. The Labute approximate surface area is 120 Å². The van der Waals surface area contributed by atoms with Crippen LogP contribution >= 0.6 is 27.3 Å². The molecule has 18 heavy (non-hydrogen) atoms. The molecule has 2 heterocycles. The Morgan fingerprint density at radius 1 is 1.44 bits per heavy atom. The first-order valence-electron chi connectivity index (χ1n) is 6.08. The van der Waals surface area contributed by atoms with E-state index in [2.05, 4.69) is 51.0 Å². The Hall–Kier alpha value is -0.650. The van der Waals surface area contributed by atoms with Crippen LogP contribution < -0.4 is 5.32 Å². The molecule has 0 aliphatic heterocycles. The summed E-state index contributed by atoms with van der Waals surface area (Å²) < 4.78 is 3.10. The van der Waals surface area contributed by atoms with Crippen LogP contribution in [0.3, 0.4) is 0 Å². The van der Waals surface area contributed by atoms with Gasteiger partial charge in [0.1, 0.15) is 0 Å². The van der Waals surface area contributed by atoms with Gasteiger partial charge in [0.05, 0.1) is 12.2 Å². The lowest BCUT2D eigenvalue weighted by atomic mass is 10.0. The topological polar surface area (TPSA) is 29.9 Å². The number of aryl methyl sites for hydroxylation is 1. The molecule has 3 nitrogen and oxygen atoms in total. The highest BCUT2D eigenvalue weighted by Gasteiger charge is 2.20. The number of nitrogens with one attached hydrogen (secondary N) is 1. The van der Waals surface area contributed by atoms with E-state index in [1.807, 2.05) is 17.9 Å². The lowest BCUT2D eigenvalue weighted by molar-refractivity contribution is 0.594. The van der Waals surface area contributed by atoms with Gasteiger partial charge < -0.3 is 5.32 Å². The van der Waals surface area contributed by atoms with Crippen molar-refractivity contribution in [3.05, 3.63) is 38.3 Å². The Bertz CT molecular complexity index is 518. The van der Waals surface area contributed by atoms with Crippen LogP contribution in [0.25, 0.3) is 0 Å². The molecular weight excluding hydrogens is 310 g/mol. The first-order chi connectivity index (χ1) is 8.65. The minimum atomic E-state index is 0.222. The summed E-state index contributed by atoms with van der Waals surface area (Å²) in [6, 6.07) is 0.222. The van der Waals surface area contributed by atoms with E-state index in [1.54, 1.807) is 11.3 Å². The van der Waals surface area contributed by atoms with Crippen LogP contribution in [-0.2, 0) is 7.05 Å². The molecule has 1 atom stereocenters. The van der Waals surface area contributed by atoms with Crippen molar-refractivity contribution < 1.29 is 0 Å². The Balaban J connectivity index is 2.37. The van der Waals surface area contributed by atoms with Crippen LogP contribution in [0.4, 0.5) is 0 Å². The molecule has 0 spiro atoms. The van der Waals surface area contributed by atoms with Crippen molar-refractivity contribution in [2.75, 3.05) is 6.54 Å². The van der Waals surface area contributed by atoms with Crippen molar-refractivity contribution in [1.29, 1.82) is 0 Å². The lowest BCUT2D eigenvalue weighted by Gasteiger charge is -2.18. The van der Waals surface area contributed by atoms with Gasteiger partial charge in [0.25, 0.3) is 0 Å². The van der Waals surface area contributed by atoms with Crippen molar-refractivity contribution in [2.24, 2.45) is 7.05 Å². The van der Waals surface area contributed by atoms with Gasteiger partial charge in [-0.1, -0.05) is 6.92 Å². The minimum Gasteiger partial charge on any atom is -0.306 e. The third kappa shape index (κ3) is 2.68. The second kappa shape index (κ2) is 5.99. The van der Waals surface area contributed by atoms with Crippen molar-refractivity contribution in [2.45, 2.75) is 26.3 Å². The third-order valence-corrected chi connectivity index (χ3v) is 4.89. The molecule has 0 saturated carbocycles. The van der Waals surface area contributed by atoms with Crippen LogP contribution in [0.15, 0.2) is 21.4 Å². The molecule has 0 radical (unpaired) electrons. The maximum absolute atomic E-state index is 4.35. The summed E-state index contributed by atoms with van der Waals surface area (Å²) in [5, 5.41) is 12.3. The molecule has 1 N–H and O–H groups in total. The Morgan fingerprint density at radius 2 is 2.22 bits per heavy atom. The molecule has 0 aliphatic carbocycles. The molecule has 2 aromatic rings. The number of aromatic nitrogens is 2. The van der Waals surface area contributed by atoms with Gasteiger partial charge in [0, 0.05) is 28.2 Å². The van der Waals surface area contributed by atoms with Gasteiger partial charge in [0.2, 0.25) is 0 Å². The fourth-order valence-electron chi connectivity index (χ4n) is 1.97. The van der Waals surface area contributed by atoms with E-state index in [0.29, 0.717) is 0 Å². The van der Waals surface area contributed by atoms with E-state index in [9.17, 15) is 0 Å². The van der Waals surface area contributed by atoms with E-state index in [4.69, 9.17) is 0 Å². The van der Waals surface area contributed by atoms with Crippen molar-refractivity contribution in [1.82, 2.24) is 15.1 Å². The molecule has 5 heteroatoms. The molecule has 1 unspecified atom stereocenters. The fraction of sp³-hybridized carbons (Fsp3) is 0.462. The van der Waals surface area contributed by atoms with Crippen LogP contribution in [0.2, 0.25) is 0 Å². The fourth-order valence-corrected chi connectivity index (χ4v) is 3.52.